The fourth-order valence-electron chi connectivity index (χ4n) is 2.10. The molecule has 1 heterocycles. The Labute approximate surface area is 116 Å². The van der Waals surface area contributed by atoms with Crippen LogP contribution in [-0.4, -0.2) is 20.9 Å². The molecule has 0 saturated heterocycles. The van der Waals surface area contributed by atoms with E-state index in [0.717, 1.165) is 16.8 Å². The lowest BCUT2D eigenvalue weighted by atomic mass is 10.1. The molecule has 0 radical (unpaired) electrons. The summed E-state index contributed by atoms with van der Waals surface area (Å²) in [6.45, 7) is 5.81. The summed E-state index contributed by atoms with van der Waals surface area (Å²) in [7, 11) is 0. The molecule has 100 valence electrons. The Morgan fingerprint density at radius 3 is 2.58 bits per heavy atom. The standard InChI is InChI=1S/C14H15ClN2O2/c1-4-10-12(14(18)19)13(15)17(16-10)11-6-5-8(2)7-9(11)3/h5-7H,4H2,1-3H3,(H,18,19). The zero-order valence-corrected chi connectivity index (χ0v) is 11.8. The minimum Gasteiger partial charge on any atom is -0.478 e. The topological polar surface area (TPSA) is 55.1 Å². The fourth-order valence-corrected chi connectivity index (χ4v) is 2.42. The second-order valence-electron chi connectivity index (χ2n) is 4.47. The molecule has 0 unspecified atom stereocenters. The van der Waals surface area contributed by atoms with Gasteiger partial charge < -0.3 is 5.11 Å². The number of hydrogen-bond donors (Lipinski definition) is 1. The van der Waals surface area contributed by atoms with Gasteiger partial charge in [0, 0.05) is 0 Å². The molecule has 0 spiro atoms. The first kappa shape index (κ1) is 13.6. The number of halogens is 1. The Balaban J connectivity index is 2.66. The Morgan fingerprint density at radius 1 is 1.42 bits per heavy atom. The smallest absolute Gasteiger partial charge is 0.340 e. The van der Waals surface area contributed by atoms with Crippen molar-refractivity contribution in [2.75, 3.05) is 0 Å². The van der Waals surface area contributed by atoms with Crippen molar-refractivity contribution in [2.45, 2.75) is 27.2 Å². The normalized spacial score (nSPS) is 10.7. The van der Waals surface area contributed by atoms with Gasteiger partial charge in [0.1, 0.15) is 10.7 Å². The summed E-state index contributed by atoms with van der Waals surface area (Å²) >= 11 is 6.17. The number of nitrogens with zero attached hydrogens (tertiary/aromatic N) is 2. The van der Waals surface area contributed by atoms with Gasteiger partial charge in [0.05, 0.1) is 11.4 Å². The second-order valence-corrected chi connectivity index (χ2v) is 4.83. The highest BCUT2D eigenvalue weighted by atomic mass is 35.5. The van der Waals surface area contributed by atoms with Crippen LogP contribution in [0.5, 0.6) is 0 Å². The third kappa shape index (κ3) is 2.36. The van der Waals surface area contributed by atoms with Gasteiger partial charge in [-0.05, 0) is 31.9 Å². The van der Waals surface area contributed by atoms with Crippen LogP contribution < -0.4 is 0 Å². The number of carboxylic acid groups (broad SMARTS) is 1. The average Bonchev–Trinajstić information content (AvgIpc) is 2.66. The average molecular weight is 279 g/mol. The van der Waals surface area contributed by atoms with Crippen molar-refractivity contribution < 1.29 is 9.90 Å². The fraction of sp³-hybridized carbons (Fsp3) is 0.286. The van der Waals surface area contributed by atoms with Crippen LogP contribution in [0, 0.1) is 13.8 Å². The van der Waals surface area contributed by atoms with Crippen LogP contribution in [0.15, 0.2) is 18.2 Å². The van der Waals surface area contributed by atoms with Crippen LogP contribution in [0.25, 0.3) is 5.69 Å². The SMILES string of the molecule is CCc1nn(-c2ccc(C)cc2C)c(Cl)c1C(=O)O. The molecule has 0 atom stereocenters. The molecule has 4 nitrogen and oxygen atoms in total. The summed E-state index contributed by atoms with van der Waals surface area (Å²) in [5, 5.41) is 13.7. The molecule has 2 aromatic rings. The second kappa shape index (κ2) is 5.05. The molecule has 0 saturated carbocycles. The Hall–Kier alpha value is -1.81. The van der Waals surface area contributed by atoms with E-state index in [-0.39, 0.29) is 10.7 Å². The number of aromatic carboxylic acids is 1. The van der Waals surface area contributed by atoms with Crippen molar-refractivity contribution in [3.8, 4) is 5.69 Å². The summed E-state index contributed by atoms with van der Waals surface area (Å²) in [5.74, 6) is -1.04. The van der Waals surface area contributed by atoms with Crippen LogP contribution in [0.4, 0.5) is 0 Å². The largest absolute Gasteiger partial charge is 0.478 e. The first-order chi connectivity index (χ1) is 8.95. The van der Waals surface area contributed by atoms with Crippen molar-refractivity contribution in [1.29, 1.82) is 0 Å². The van der Waals surface area contributed by atoms with E-state index in [0.29, 0.717) is 12.1 Å². The van der Waals surface area contributed by atoms with Gasteiger partial charge in [0.15, 0.2) is 0 Å². The zero-order valence-electron chi connectivity index (χ0n) is 11.1. The highest BCUT2D eigenvalue weighted by Crippen LogP contribution is 2.26. The minimum absolute atomic E-state index is 0.0872. The summed E-state index contributed by atoms with van der Waals surface area (Å²) in [5.41, 5.74) is 3.53. The van der Waals surface area contributed by atoms with Crippen molar-refractivity contribution in [2.24, 2.45) is 0 Å². The van der Waals surface area contributed by atoms with E-state index in [1.165, 1.54) is 4.68 Å². The summed E-state index contributed by atoms with van der Waals surface area (Å²) in [6, 6.07) is 5.86. The van der Waals surface area contributed by atoms with Crippen LogP contribution in [0.1, 0.15) is 34.1 Å². The Morgan fingerprint density at radius 2 is 2.11 bits per heavy atom. The highest BCUT2D eigenvalue weighted by molar-refractivity contribution is 6.33. The van der Waals surface area contributed by atoms with E-state index in [1.54, 1.807) is 0 Å². The molecule has 0 bridgehead atoms. The van der Waals surface area contributed by atoms with Gasteiger partial charge in [-0.15, -0.1) is 0 Å². The maximum Gasteiger partial charge on any atom is 0.340 e. The van der Waals surface area contributed by atoms with Gasteiger partial charge in [-0.1, -0.05) is 36.2 Å². The maximum atomic E-state index is 11.2. The van der Waals surface area contributed by atoms with Gasteiger partial charge in [-0.25, -0.2) is 9.48 Å². The van der Waals surface area contributed by atoms with Gasteiger partial charge in [0.25, 0.3) is 0 Å². The predicted molar refractivity (Wildman–Crippen MR) is 74.4 cm³/mol. The number of benzene rings is 1. The van der Waals surface area contributed by atoms with Gasteiger partial charge >= 0.3 is 5.97 Å². The lowest BCUT2D eigenvalue weighted by Crippen LogP contribution is -2.01. The van der Waals surface area contributed by atoms with Gasteiger partial charge in [0.2, 0.25) is 0 Å². The molecular weight excluding hydrogens is 264 g/mol. The molecule has 19 heavy (non-hydrogen) atoms. The Kier molecular flexibility index (Phi) is 3.62. The minimum atomic E-state index is -1.04. The van der Waals surface area contributed by atoms with Crippen LogP contribution in [0.3, 0.4) is 0 Å². The summed E-state index contributed by atoms with van der Waals surface area (Å²) in [4.78, 5) is 11.2. The molecule has 1 N–H and O–H groups in total. The number of rotatable bonds is 3. The summed E-state index contributed by atoms with van der Waals surface area (Å²) in [6.07, 6.45) is 0.527. The van der Waals surface area contributed by atoms with E-state index in [9.17, 15) is 9.90 Å². The summed E-state index contributed by atoms with van der Waals surface area (Å²) < 4.78 is 1.50. The van der Waals surface area contributed by atoms with E-state index in [2.05, 4.69) is 5.10 Å². The number of hydrogen-bond acceptors (Lipinski definition) is 2. The van der Waals surface area contributed by atoms with Crippen LogP contribution >= 0.6 is 11.6 Å². The maximum absolute atomic E-state index is 11.2. The third-order valence-corrected chi connectivity index (χ3v) is 3.38. The molecule has 0 amide bonds. The number of carboxylic acids is 1. The van der Waals surface area contributed by atoms with E-state index in [4.69, 9.17) is 11.6 Å². The Bertz CT molecular complexity index is 647. The molecule has 0 aliphatic heterocycles. The van der Waals surface area contributed by atoms with E-state index >= 15 is 0 Å². The first-order valence-corrected chi connectivity index (χ1v) is 6.41. The lowest BCUT2D eigenvalue weighted by molar-refractivity contribution is 0.0696. The zero-order chi connectivity index (χ0) is 14.2. The van der Waals surface area contributed by atoms with E-state index < -0.39 is 5.97 Å². The molecule has 0 aliphatic carbocycles. The third-order valence-electron chi connectivity index (χ3n) is 3.03. The van der Waals surface area contributed by atoms with Gasteiger partial charge in [-0.3, -0.25) is 0 Å². The van der Waals surface area contributed by atoms with Crippen molar-refractivity contribution in [3.05, 3.63) is 45.7 Å². The molecule has 0 aliphatic rings. The number of aryl methyl sites for hydroxylation is 3. The van der Waals surface area contributed by atoms with Crippen LogP contribution in [-0.2, 0) is 6.42 Å². The predicted octanol–water partition coefficient (Wildman–Crippen LogP) is 3.40. The molecular formula is C14H15ClN2O2. The molecule has 2 rings (SSSR count). The van der Waals surface area contributed by atoms with Gasteiger partial charge in [-0.2, -0.15) is 5.10 Å². The highest BCUT2D eigenvalue weighted by Gasteiger charge is 2.22. The van der Waals surface area contributed by atoms with Crippen molar-refractivity contribution in [1.82, 2.24) is 9.78 Å². The molecule has 0 fully saturated rings. The van der Waals surface area contributed by atoms with Crippen LogP contribution in [0.2, 0.25) is 5.15 Å². The first-order valence-electron chi connectivity index (χ1n) is 6.04. The number of carbonyl (C=O) groups is 1. The molecule has 5 heteroatoms. The monoisotopic (exact) mass is 278 g/mol. The van der Waals surface area contributed by atoms with E-state index in [1.807, 2.05) is 39.0 Å². The van der Waals surface area contributed by atoms with Crippen molar-refractivity contribution >= 4 is 17.6 Å². The lowest BCUT2D eigenvalue weighted by Gasteiger charge is -2.08. The molecule has 1 aromatic carbocycles. The number of aromatic nitrogens is 2. The molecule has 1 aromatic heterocycles. The van der Waals surface area contributed by atoms with Crippen molar-refractivity contribution in [3.63, 3.8) is 0 Å². The quantitative estimate of drug-likeness (QED) is 0.936.